The monoisotopic (exact) mass is 356 g/mol. The van der Waals surface area contributed by atoms with Gasteiger partial charge in [-0.1, -0.05) is 36.4 Å². The van der Waals surface area contributed by atoms with Gasteiger partial charge in [-0.25, -0.2) is 0 Å². The van der Waals surface area contributed by atoms with Crippen LogP contribution in [-0.4, -0.2) is 30.5 Å². The van der Waals surface area contributed by atoms with Crippen molar-refractivity contribution >= 4 is 20.9 Å². The molecule has 2 aromatic rings. The predicted molar refractivity (Wildman–Crippen MR) is 70.9 cm³/mol. The van der Waals surface area contributed by atoms with Crippen LogP contribution < -0.4 is 4.74 Å². The van der Waals surface area contributed by atoms with E-state index in [0.29, 0.717) is 5.39 Å². The fourth-order valence-corrected chi connectivity index (χ4v) is 2.34. The Kier molecular flexibility index (Phi) is 4.24. The van der Waals surface area contributed by atoms with E-state index in [9.17, 15) is 30.4 Å². The number of ether oxygens (including phenoxy) is 1. The summed E-state index contributed by atoms with van der Waals surface area (Å²) in [6, 6.07) is 9.60. The molecule has 0 amide bonds. The maximum atomic E-state index is 13.5. The van der Waals surface area contributed by atoms with Gasteiger partial charge in [0.1, 0.15) is 5.75 Å². The highest BCUT2D eigenvalue weighted by atomic mass is 32.2. The van der Waals surface area contributed by atoms with Crippen LogP contribution in [0.1, 0.15) is 0 Å². The molecule has 0 aliphatic carbocycles. The van der Waals surface area contributed by atoms with Crippen molar-refractivity contribution in [3.05, 3.63) is 42.5 Å². The van der Waals surface area contributed by atoms with Gasteiger partial charge in [0.05, 0.1) is 0 Å². The van der Waals surface area contributed by atoms with Gasteiger partial charge < -0.3 is 4.74 Å². The molecule has 2 aromatic carbocycles. The molecule has 0 spiro atoms. The van der Waals surface area contributed by atoms with Gasteiger partial charge in [0.15, 0.2) is 0 Å². The van der Waals surface area contributed by atoms with E-state index in [-0.39, 0.29) is 5.39 Å². The summed E-state index contributed by atoms with van der Waals surface area (Å²) in [6.07, 6.45) is -9.80. The van der Waals surface area contributed by atoms with Crippen molar-refractivity contribution in [2.75, 3.05) is 0 Å². The van der Waals surface area contributed by atoms with Crippen LogP contribution in [-0.2, 0) is 10.1 Å². The summed E-state index contributed by atoms with van der Waals surface area (Å²) in [6.45, 7) is 0. The molecule has 0 bridgehead atoms. The van der Waals surface area contributed by atoms with Gasteiger partial charge in [0.2, 0.25) is 0 Å². The Hall–Kier alpha value is -1.94. The molecular formula is C13H9F5O4S. The zero-order chi connectivity index (χ0) is 17.5. The number of rotatable bonds is 4. The molecule has 0 aliphatic rings. The average Bonchev–Trinajstić information content (AvgIpc) is 2.42. The maximum Gasteiger partial charge on any atom is 0.432 e. The van der Waals surface area contributed by atoms with E-state index < -0.39 is 33.4 Å². The first-order valence-corrected chi connectivity index (χ1v) is 7.44. The van der Waals surface area contributed by atoms with E-state index in [2.05, 4.69) is 4.74 Å². The van der Waals surface area contributed by atoms with Gasteiger partial charge in [-0.05, 0) is 11.5 Å². The Morgan fingerprint density at radius 1 is 0.957 bits per heavy atom. The molecule has 23 heavy (non-hydrogen) atoms. The Balaban J connectivity index is 2.55. The molecule has 2 rings (SSSR count). The van der Waals surface area contributed by atoms with Crippen LogP contribution in [0.15, 0.2) is 42.5 Å². The minimum absolute atomic E-state index is 0.0791. The predicted octanol–water partition coefficient (Wildman–Crippen LogP) is 3.63. The lowest BCUT2D eigenvalue weighted by Gasteiger charge is -2.27. The molecule has 1 N–H and O–H groups in total. The van der Waals surface area contributed by atoms with Gasteiger partial charge >= 0.3 is 21.5 Å². The fourth-order valence-electron chi connectivity index (χ4n) is 1.89. The number of hydrogen-bond acceptors (Lipinski definition) is 3. The molecule has 0 saturated carbocycles. The number of hydrogen-bond donors (Lipinski definition) is 1. The van der Waals surface area contributed by atoms with Crippen LogP contribution in [0.5, 0.6) is 5.75 Å². The summed E-state index contributed by atoms with van der Waals surface area (Å²) in [7, 11) is -6.34. The second-order valence-electron chi connectivity index (χ2n) is 4.55. The van der Waals surface area contributed by atoms with E-state index in [1.54, 1.807) is 6.07 Å². The first kappa shape index (κ1) is 17.4. The molecule has 10 heteroatoms. The normalized spacial score (nSPS) is 14.7. The summed E-state index contributed by atoms with van der Waals surface area (Å²) >= 11 is 0. The summed E-state index contributed by atoms with van der Waals surface area (Å²) in [5.74, 6) is -0.589. The summed E-state index contributed by atoms with van der Waals surface area (Å²) in [5, 5.41) is -5.08. The van der Waals surface area contributed by atoms with E-state index >= 15 is 0 Å². The molecule has 0 heterocycles. The third-order valence-electron chi connectivity index (χ3n) is 2.94. The fraction of sp³-hybridized carbons (Fsp3) is 0.231. The Morgan fingerprint density at radius 3 is 2.09 bits per heavy atom. The lowest BCUT2D eigenvalue weighted by atomic mass is 10.1. The third kappa shape index (κ3) is 3.37. The molecule has 0 aliphatic heterocycles. The number of alkyl halides is 5. The van der Waals surface area contributed by atoms with Crippen molar-refractivity contribution in [1.82, 2.24) is 0 Å². The summed E-state index contributed by atoms with van der Waals surface area (Å²) in [5.41, 5.74) is 0. The topological polar surface area (TPSA) is 63.6 Å². The van der Waals surface area contributed by atoms with Crippen LogP contribution in [0.4, 0.5) is 22.0 Å². The largest absolute Gasteiger partial charge is 0.472 e. The summed E-state index contributed by atoms with van der Waals surface area (Å²) in [4.78, 5) is 0. The Bertz CT molecular complexity index is 811. The molecule has 4 nitrogen and oxygen atoms in total. The third-order valence-corrected chi connectivity index (χ3v) is 3.84. The van der Waals surface area contributed by atoms with Crippen molar-refractivity contribution < 1.29 is 39.7 Å². The van der Waals surface area contributed by atoms with Crippen molar-refractivity contribution in [1.29, 1.82) is 0 Å². The SMILES string of the molecule is O=S(=O)(O)C(F)(F)C(Oc1cccc2ccccc12)C(F)(F)F. The lowest BCUT2D eigenvalue weighted by molar-refractivity contribution is -0.238. The van der Waals surface area contributed by atoms with Gasteiger partial charge in [0, 0.05) is 5.39 Å². The zero-order valence-electron chi connectivity index (χ0n) is 11.1. The van der Waals surface area contributed by atoms with Crippen LogP contribution in [0.3, 0.4) is 0 Å². The Labute approximate surface area is 127 Å². The van der Waals surface area contributed by atoms with Crippen LogP contribution in [0, 0.1) is 0 Å². The van der Waals surface area contributed by atoms with Crippen molar-refractivity contribution in [2.24, 2.45) is 0 Å². The zero-order valence-corrected chi connectivity index (χ0v) is 11.9. The van der Waals surface area contributed by atoms with E-state index in [1.807, 2.05) is 0 Å². The average molecular weight is 356 g/mol. The number of benzene rings is 2. The van der Waals surface area contributed by atoms with Gasteiger partial charge in [-0.3, -0.25) is 4.55 Å². The van der Waals surface area contributed by atoms with Crippen molar-refractivity contribution in [2.45, 2.75) is 17.5 Å². The highest BCUT2D eigenvalue weighted by Gasteiger charge is 2.65. The quantitative estimate of drug-likeness (QED) is 0.671. The molecule has 126 valence electrons. The minimum atomic E-state index is -6.34. The van der Waals surface area contributed by atoms with Crippen molar-refractivity contribution in [3.8, 4) is 5.75 Å². The highest BCUT2D eigenvalue weighted by molar-refractivity contribution is 7.86. The summed E-state index contributed by atoms with van der Waals surface area (Å²) < 4.78 is 99.5. The van der Waals surface area contributed by atoms with Crippen LogP contribution in [0.2, 0.25) is 0 Å². The lowest BCUT2D eigenvalue weighted by Crippen LogP contribution is -2.53. The van der Waals surface area contributed by atoms with Crippen LogP contribution >= 0.6 is 0 Å². The molecule has 0 saturated heterocycles. The molecule has 0 radical (unpaired) electrons. The van der Waals surface area contributed by atoms with E-state index in [0.717, 1.165) is 6.07 Å². The highest BCUT2D eigenvalue weighted by Crippen LogP contribution is 2.39. The first-order chi connectivity index (χ1) is 10.4. The Morgan fingerprint density at radius 2 is 1.52 bits per heavy atom. The molecular weight excluding hydrogens is 347 g/mol. The molecule has 1 atom stereocenters. The minimum Gasteiger partial charge on any atom is -0.472 e. The van der Waals surface area contributed by atoms with Crippen LogP contribution in [0.25, 0.3) is 10.8 Å². The molecule has 0 fully saturated rings. The van der Waals surface area contributed by atoms with E-state index in [1.165, 1.54) is 30.3 Å². The van der Waals surface area contributed by atoms with Crippen molar-refractivity contribution in [3.63, 3.8) is 0 Å². The second-order valence-corrected chi connectivity index (χ2v) is 6.05. The maximum absolute atomic E-state index is 13.5. The van der Waals surface area contributed by atoms with Gasteiger partial charge in [0.25, 0.3) is 6.10 Å². The van der Waals surface area contributed by atoms with Gasteiger partial charge in [-0.15, -0.1) is 0 Å². The van der Waals surface area contributed by atoms with E-state index in [4.69, 9.17) is 4.55 Å². The number of fused-ring (bicyclic) bond motifs is 1. The number of halogens is 5. The standard InChI is InChI=1S/C13H9F5O4S/c14-12(15,16)11(13(17,18)23(19,20)21)22-10-7-3-5-8-4-1-2-6-9(8)10/h1-7,11H,(H,19,20,21). The molecule has 1 unspecified atom stereocenters. The van der Waals surface area contributed by atoms with Gasteiger partial charge in [-0.2, -0.15) is 30.4 Å². The first-order valence-electron chi connectivity index (χ1n) is 6.00. The second kappa shape index (κ2) is 5.60. The molecule has 0 aromatic heterocycles. The smallest absolute Gasteiger partial charge is 0.432 e.